The third-order valence-corrected chi connectivity index (χ3v) is 3.82. The molecular formula is C15H17BrN2. The maximum atomic E-state index is 4.47. The quantitative estimate of drug-likeness (QED) is 0.932. The number of likely N-dealkylation sites (N-methyl/N-ethyl adjacent to an activating group) is 1. The van der Waals surface area contributed by atoms with E-state index < -0.39 is 0 Å². The first-order valence-corrected chi connectivity index (χ1v) is 6.84. The highest BCUT2D eigenvalue weighted by atomic mass is 79.9. The summed E-state index contributed by atoms with van der Waals surface area (Å²) < 4.78 is 1.05. The molecule has 0 amide bonds. The van der Waals surface area contributed by atoms with Crippen LogP contribution in [-0.2, 0) is 6.42 Å². The summed E-state index contributed by atoms with van der Waals surface area (Å²) in [6, 6.07) is 12.7. The van der Waals surface area contributed by atoms with E-state index in [4.69, 9.17) is 0 Å². The SMILES string of the molecule is CNC(Cc1ccccc1C)c1ncccc1Br. The van der Waals surface area contributed by atoms with E-state index in [1.165, 1.54) is 11.1 Å². The molecule has 1 N–H and O–H groups in total. The monoisotopic (exact) mass is 304 g/mol. The Bertz CT molecular complexity index is 525. The number of nitrogens with one attached hydrogen (secondary N) is 1. The van der Waals surface area contributed by atoms with Gasteiger partial charge in [-0.15, -0.1) is 0 Å². The van der Waals surface area contributed by atoms with Crippen molar-refractivity contribution in [3.63, 3.8) is 0 Å². The smallest absolute Gasteiger partial charge is 0.0718 e. The minimum atomic E-state index is 0.224. The molecule has 1 heterocycles. The predicted molar refractivity (Wildman–Crippen MR) is 78.6 cm³/mol. The fourth-order valence-corrected chi connectivity index (χ4v) is 2.58. The Morgan fingerprint density at radius 2 is 2.00 bits per heavy atom. The molecule has 0 saturated heterocycles. The van der Waals surface area contributed by atoms with Crippen molar-refractivity contribution in [1.29, 1.82) is 0 Å². The highest BCUT2D eigenvalue weighted by Crippen LogP contribution is 2.24. The van der Waals surface area contributed by atoms with Crippen molar-refractivity contribution >= 4 is 15.9 Å². The van der Waals surface area contributed by atoms with Gasteiger partial charge in [0.25, 0.3) is 0 Å². The van der Waals surface area contributed by atoms with E-state index in [-0.39, 0.29) is 6.04 Å². The molecule has 2 nitrogen and oxygen atoms in total. The van der Waals surface area contributed by atoms with Crippen LogP contribution in [0.1, 0.15) is 22.9 Å². The Kier molecular flexibility index (Phi) is 4.50. The predicted octanol–water partition coefficient (Wildman–Crippen LogP) is 3.66. The van der Waals surface area contributed by atoms with Gasteiger partial charge in [0.2, 0.25) is 0 Å². The van der Waals surface area contributed by atoms with Crippen molar-refractivity contribution in [3.8, 4) is 0 Å². The van der Waals surface area contributed by atoms with Crippen molar-refractivity contribution in [1.82, 2.24) is 10.3 Å². The van der Waals surface area contributed by atoms with Crippen LogP contribution in [0.5, 0.6) is 0 Å². The molecular weight excluding hydrogens is 288 g/mol. The summed E-state index contributed by atoms with van der Waals surface area (Å²) in [6.45, 7) is 2.15. The second-order valence-electron chi connectivity index (χ2n) is 4.34. The van der Waals surface area contributed by atoms with Crippen LogP contribution < -0.4 is 5.32 Å². The van der Waals surface area contributed by atoms with E-state index in [0.29, 0.717) is 0 Å². The zero-order valence-electron chi connectivity index (χ0n) is 10.7. The molecule has 0 aliphatic rings. The van der Waals surface area contributed by atoms with Gasteiger partial charge in [0.1, 0.15) is 0 Å². The van der Waals surface area contributed by atoms with Crippen molar-refractivity contribution in [2.24, 2.45) is 0 Å². The van der Waals surface area contributed by atoms with Gasteiger partial charge in [-0.25, -0.2) is 0 Å². The zero-order chi connectivity index (χ0) is 13.0. The molecule has 3 heteroatoms. The molecule has 18 heavy (non-hydrogen) atoms. The van der Waals surface area contributed by atoms with Gasteiger partial charge < -0.3 is 5.32 Å². The van der Waals surface area contributed by atoms with Crippen LogP contribution in [-0.4, -0.2) is 12.0 Å². The minimum absolute atomic E-state index is 0.224. The van der Waals surface area contributed by atoms with Crippen LogP contribution in [0.2, 0.25) is 0 Å². The molecule has 1 atom stereocenters. The number of pyridine rings is 1. The fourth-order valence-electron chi connectivity index (χ4n) is 2.05. The molecule has 94 valence electrons. The van der Waals surface area contributed by atoms with E-state index >= 15 is 0 Å². The number of aromatic nitrogens is 1. The van der Waals surface area contributed by atoms with E-state index in [1.807, 2.05) is 25.4 Å². The molecule has 0 spiro atoms. The van der Waals surface area contributed by atoms with Crippen molar-refractivity contribution in [3.05, 3.63) is 63.9 Å². The Hall–Kier alpha value is -1.19. The number of benzene rings is 1. The highest BCUT2D eigenvalue weighted by molar-refractivity contribution is 9.10. The summed E-state index contributed by atoms with van der Waals surface area (Å²) in [6.07, 6.45) is 2.78. The molecule has 0 bridgehead atoms. The Labute approximate surface area is 117 Å². The van der Waals surface area contributed by atoms with Crippen LogP contribution in [0.15, 0.2) is 47.1 Å². The van der Waals surface area contributed by atoms with E-state index in [1.54, 1.807) is 0 Å². The van der Waals surface area contributed by atoms with Gasteiger partial charge in [-0.2, -0.15) is 0 Å². The van der Waals surface area contributed by atoms with Gasteiger partial charge >= 0.3 is 0 Å². The first-order chi connectivity index (χ1) is 8.72. The molecule has 2 aromatic rings. The maximum Gasteiger partial charge on any atom is 0.0718 e. The Balaban J connectivity index is 2.26. The van der Waals surface area contributed by atoms with Gasteiger partial charge in [-0.3, -0.25) is 4.98 Å². The summed E-state index contributed by atoms with van der Waals surface area (Å²) in [4.78, 5) is 4.47. The summed E-state index contributed by atoms with van der Waals surface area (Å²) >= 11 is 3.57. The summed E-state index contributed by atoms with van der Waals surface area (Å²) in [5, 5.41) is 3.34. The van der Waals surface area contributed by atoms with Gasteiger partial charge in [0.05, 0.1) is 11.7 Å². The van der Waals surface area contributed by atoms with Crippen molar-refractivity contribution in [2.75, 3.05) is 7.05 Å². The number of rotatable bonds is 4. The van der Waals surface area contributed by atoms with Crippen molar-refractivity contribution < 1.29 is 0 Å². The third-order valence-electron chi connectivity index (χ3n) is 3.15. The lowest BCUT2D eigenvalue weighted by atomic mass is 9.99. The lowest BCUT2D eigenvalue weighted by molar-refractivity contribution is 0.572. The van der Waals surface area contributed by atoms with Crippen LogP contribution in [0, 0.1) is 6.92 Å². The highest BCUT2D eigenvalue weighted by Gasteiger charge is 2.15. The average molecular weight is 305 g/mol. The first-order valence-electron chi connectivity index (χ1n) is 6.04. The molecule has 0 saturated carbocycles. The van der Waals surface area contributed by atoms with E-state index in [0.717, 1.165) is 16.6 Å². The molecule has 1 unspecified atom stereocenters. The summed E-state index contributed by atoms with van der Waals surface area (Å²) in [5.41, 5.74) is 3.74. The standard InChI is InChI=1S/C15H17BrN2/c1-11-6-3-4-7-12(11)10-14(17-2)15-13(16)8-5-9-18-15/h3-9,14,17H,10H2,1-2H3. The van der Waals surface area contributed by atoms with Crippen LogP contribution >= 0.6 is 15.9 Å². The van der Waals surface area contributed by atoms with Gasteiger partial charge in [0, 0.05) is 10.7 Å². The van der Waals surface area contributed by atoms with E-state index in [9.17, 15) is 0 Å². The number of aryl methyl sites for hydroxylation is 1. The zero-order valence-corrected chi connectivity index (χ0v) is 12.2. The Morgan fingerprint density at radius 1 is 1.22 bits per heavy atom. The second-order valence-corrected chi connectivity index (χ2v) is 5.20. The molecule has 1 aromatic carbocycles. The fraction of sp³-hybridized carbons (Fsp3) is 0.267. The molecule has 1 aromatic heterocycles. The number of nitrogens with zero attached hydrogens (tertiary/aromatic N) is 1. The van der Waals surface area contributed by atoms with Crippen LogP contribution in [0.4, 0.5) is 0 Å². The number of halogens is 1. The number of hydrogen-bond acceptors (Lipinski definition) is 2. The molecule has 0 aliphatic carbocycles. The molecule has 2 rings (SSSR count). The molecule has 0 aliphatic heterocycles. The minimum Gasteiger partial charge on any atom is -0.311 e. The van der Waals surface area contributed by atoms with Crippen LogP contribution in [0.3, 0.4) is 0 Å². The van der Waals surface area contributed by atoms with Gasteiger partial charge in [-0.05, 0) is 59.6 Å². The lowest BCUT2D eigenvalue weighted by Gasteiger charge is -2.18. The summed E-state index contributed by atoms with van der Waals surface area (Å²) in [5.74, 6) is 0. The molecule has 0 radical (unpaired) electrons. The lowest BCUT2D eigenvalue weighted by Crippen LogP contribution is -2.20. The topological polar surface area (TPSA) is 24.9 Å². The summed E-state index contributed by atoms with van der Waals surface area (Å²) in [7, 11) is 1.98. The third kappa shape index (κ3) is 2.98. The number of hydrogen-bond donors (Lipinski definition) is 1. The van der Waals surface area contributed by atoms with Gasteiger partial charge in [-0.1, -0.05) is 24.3 Å². The first kappa shape index (κ1) is 13.2. The average Bonchev–Trinajstić information content (AvgIpc) is 2.39. The van der Waals surface area contributed by atoms with Crippen molar-refractivity contribution in [2.45, 2.75) is 19.4 Å². The normalized spacial score (nSPS) is 12.4. The second kappa shape index (κ2) is 6.12. The Morgan fingerprint density at radius 3 is 2.67 bits per heavy atom. The maximum absolute atomic E-state index is 4.47. The molecule has 0 fully saturated rings. The largest absolute Gasteiger partial charge is 0.311 e. The van der Waals surface area contributed by atoms with Gasteiger partial charge in [0.15, 0.2) is 0 Å². The van der Waals surface area contributed by atoms with Crippen LogP contribution in [0.25, 0.3) is 0 Å². The van der Waals surface area contributed by atoms with E-state index in [2.05, 4.69) is 57.4 Å².